The lowest BCUT2D eigenvalue weighted by molar-refractivity contribution is 0.591. The van der Waals surface area contributed by atoms with Crippen molar-refractivity contribution in [1.82, 2.24) is 0 Å². The first-order chi connectivity index (χ1) is 5.57. The van der Waals surface area contributed by atoms with Crippen molar-refractivity contribution in [2.45, 2.75) is 6.92 Å². The number of hydrogen-bond acceptors (Lipinski definition) is 3. The summed E-state index contributed by atoms with van der Waals surface area (Å²) in [6.07, 6.45) is 0. The van der Waals surface area contributed by atoms with Gasteiger partial charge in [-0.05, 0) is 35.9 Å². The fraction of sp³-hybridized carbons (Fsp3) is 0.143. The molecule has 0 radical (unpaired) electrons. The Labute approximate surface area is 80.4 Å². The third-order valence-electron chi connectivity index (χ3n) is 1.51. The Morgan fingerprint density at radius 3 is 2.75 bits per heavy atom. The Kier molecular flexibility index (Phi) is 1.83. The molecule has 1 atom stereocenters. The molecule has 1 aromatic rings. The first-order valence-electron chi connectivity index (χ1n) is 3.36. The van der Waals surface area contributed by atoms with Crippen LogP contribution in [0.4, 0.5) is 0 Å². The van der Waals surface area contributed by atoms with Crippen LogP contribution in [0.1, 0.15) is 5.56 Å². The van der Waals surface area contributed by atoms with E-state index >= 15 is 0 Å². The van der Waals surface area contributed by atoms with E-state index < -0.39 is 5.84 Å². The molecule has 2 nitrogen and oxygen atoms in total. The summed E-state index contributed by atoms with van der Waals surface area (Å²) in [6.45, 7) is 1.97. The lowest BCUT2D eigenvalue weighted by atomic mass is 10.2. The van der Waals surface area contributed by atoms with Gasteiger partial charge in [-0.1, -0.05) is 6.07 Å². The summed E-state index contributed by atoms with van der Waals surface area (Å²) in [5, 5.41) is 0. The van der Waals surface area contributed by atoms with Crippen LogP contribution in [-0.2, 0) is 11.8 Å². The third kappa shape index (κ3) is 1.45. The van der Waals surface area contributed by atoms with Crippen molar-refractivity contribution in [3.63, 3.8) is 0 Å². The Morgan fingerprint density at radius 2 is 2.00 bits per heavy atom. The van der Waals surface area contributed by atoms with Gasteiger partial charge in [0, 0.05) is 11.8 Å². The highest BCUT2D eigenvalue weighted by Crippen LogP contribution is 2.61. The van der Waals surface area contributed by atoms with Crippen molar-refractivity contribution in [1.29, 1.82) is 0 Å². The maximum atomic E-state index is 5.77. The van der Waals surface area contributed by atoms with Gasteiger partial charge in [-0.3, -0.25) is 0 Å². The topological polar surface area (TPSA) is 18.5 Å². The van der Waals surface area contributed by atoms with Crippen molar-refractivity contribution in [2.75, 3.05) is 0 Å². The van der Waals surface area contributed by atoms with Gasteiger partial charge in [-0.15, -0.1) is 0 Å². The van der Waals surface area contributed by atoms with Gasteiger partial charge in [-0.2, -0.15) is 0 Å². The van der Waals surface area contributed by atoms with Crippen LogP contribution in [0.15, 0.2) is 18.2 Å². The number of halogens is 1. The van der Waals surface area contributed by atoms with Crippen molar-refractivity contribution in [3.8, 4) is 11.5 Å². The summed E-state index contributed by atoms with van der Waals surface area (Å²) in [5.41, 5.74) is 1.10. The van der Waals surface area contributed by atoms with Gasteiger partial charge >= 0.3 is 5.84 Å². The van der Waals surface area contributed by atoms with E-state index in [2.05, 4.69) is 0 Å². The van der Waals surface area contributed by atoms with Gasteiger partial charge in [0.2, 0.25) is 0 Å². The van der Waals surface area contributed by atoms with Crippen LogP contribution in [0, 0.1) is 6.92 Å². The Bertz CT molecular complexity index is 380. The minimum absolute atomic E-state index is 0.652. The second kappa shape index (κ2) is 2.63. The average molecular weight is 221 g/mol. The molecule has 0 spiro atoms. The maximum absolute atomic E-state index is 5.77. The number of benzene rings is 1. The zero-order valence-electron chi connectivity index (χ0n) is 6.28. The maximum Gasteiger partial charge on any atom is 0.384 e. The second-order valence-corrected chi connectivity index (χ2v) is 7.17. The van der Waals surface area contributed by atoms with Gasteiger partial charge in [0.1, 0.15) is 0 Å². The summed E-state index contributed by atoms with van der Waals surface area (Å²) >= 11 is 10.7. The van der Waals surface area contributed by atoms with Crippen molar-refractivity contribution >= 4 is 28.9 Å². The molecule has 0 bridgehead atoms. The van der Waals surface area contributed by atoms with Crippen molar-refractivity contribution in [2.24, 2.45) is 0 Å². The van der Waals surface area contributed by atoms with Crippen LogP contribution in [0.2, 0.25) is 0 Å². The van der Waals surface area contributed by atoms with E-state index in [-0.39, 0.29) is 0 Å². The van der Waals surface area contributed by atoms with Gasteiger partial charge in [0.25, 0.3) is 0 Å². The molecular formula is C7H6ClO2PS. The summed E-state index contributed by atoms with van der Waals surface area (Å²) in [6, 6.07) is 5.62. The molecule has 64 valence electrons. The highest BCUT2D eigenvalue weighted by Gasteiger charge is 2.29. The minimum Gasteiger partial charge on any atom is -0.421 e. The van der Waals surface area contributed by atoms with Crippen molar-refractivity contribution in [3.05, 3.63) is 23.8 Å². The predicted octanol–water partition coefficient (Wildman–Crippen LogP) is 3.23. The molecule has 5 heteroatoms. The molecule has 12 heavy (non-hydrogen) atoms. The van der Waals surface area contributed by atoms with E-state index in [4.69, 9.17) is 32.1 Å². The molecule has 0 saturated heterocycles. The Hall–Kier alpha value is -0.240. The molecule has 0 N–H and O–H groups in total. The first kappa shape index (κ1) is 8.36. The molecule has 1 heterocycles. The number of aryl methyl sites for hydroxylation is 1. The summed E-state index contributed by atoms with van der Waals surface area (Å²) in [4.78, 5) is 0. The molecule has 1 aliphatic rings. The SMILES string of the molecule is Cc1ccc2c(c1)OP(=S)(Cl)O2. The van der Waals surface area contributed by atoms with Gasteiger partial charge in [0.05, 0.1) is 0 Å². The minimum atomic E-state index is -2.54. The van der Waals surface area contributed by atoms with Crippen LogP contribution in [0.5, 0.6) is 11.5 Å². The van der Waals surface area contributed by atoms with E-state index in [1.54, 1.807) is 0 Å². The van der Waals surface area contributed by atoms with Crippen LogP contribution < -0.4 is 9.05 Å². The average Bonchev–Trinajstić information content (AvgIpc) is 2.21. The fourth-order valence-electron chi connectivity index (χ4n) is 1.02. The first-order valence-corrected chi connectivity index (χ1v) is 6.91. The molecular weight excluding hydrogens is 215 g/mol. The van der Waals surface area contributed by atoms with Crippen molar-refractivity contribution < 1.29 is 9.05 Å². The van der Waals surface area contributed by atoms with Gasteiger partial charge in [-0.25, -0.2) is 0 Å². The molecule has 0 saturated carbocycles. The zero-order valence-corrected chi connectivity index (χ0v) is 8.75. The lowest BCUT2D eigenvalue weighted by Crippen LogP contribution is -1.79. The molecule has 0 fully saturated rings. The third-order valence-corrected chi connectivity index (χ3v) is 3.20. The van der Waals surface area contributed by atoms with E-state index in [1.807, 2.05) is 25.1 Å². The molecule has 0 amide bonds. The van der Waals surface area contributed by atoms with E-state index in [0.29, 0.717) is 11.5 Å². The van der Waals surface area contributed by atoms with Gasteiger partial charge < -0.3 is 9.05 Å². The normalized spacial score (nSPS) is 25.8. The molecule has 0 aromatic heterocycles. The van der Waals surface area contributed by atoms with Crippen LogP contribution >= 0.6 is 17.1 Å². The number of hydrogen-bond donors (Lipinski definition) is 0. The highest BCUT2D eigenvalue weighted by molar-refractivity contribution is 8.22. The quantitative estimate of drug-likeness (QED) is 0.626. The molecule has 2 rings (SSSR count). The largest absolute Gasteiger partial charge is 0.421 e. The number of rotatable bonds is 0. The monoisotopic (exact) mass is 220 g/mol. The van der Waals surface area contributed by atoms with Gasteiger partial charge in [0.15, 0.2) is 11.5 Å². The van der Waals surface area contributed by atoms with Crippen LogP contribution in [-0.4, -0.2) is 0 Å². The fourth-order valence-corrected chi connectivity index (χ4v) is 2.74. The number of fused-ring (bicyclic) bond motifs is 1. The smallest absolute Gasteiger partial charge is 0.384 e. The predicted molar refractivity (Wildman–Crippen MR) is 52.6 cm³/mol. The standard InChI is InChI=1S/C7H6ClO2PS/c1-5-2-3-6-7(4-5)10-11(8,12)9-6/h2-4H,1H3. The van der Waals surface area contributed by atoms with Crippen LogP contribution in [0.3, 0.4) is 0 Å². The second-order valence-electron chi connectivity index (χ2n) is 2.56. The Morgan fingerprint density at radius 1 is 1.33 bits per heavy atom. The molecule has 0 aliphatic carbocycles. The summed E-state index contributed by atoms with van der Waals surface area (Å²) < 4.78 is 10.5. The summed E-state index contributed by atoms with van der Waals surface area (Å²) in [7, 11) is 0. The molecule has 1 aliphatic heterocycles. The molecule has 1 unspecified atom stereocenters. The zero-order chi connectivity index (χ0) is 8.77. The lowest BCUT2D eigenvalue weighted by Gasteiger charge is -2.01. The van der Waals surface area contributed by atoms with Crippen LogP contribution in [0.25, 0.3) is 0 Å². The highest BCUT2D eigenvalue weighted by atomic mass is 35.7. The van der Waals surface area contributed by atoms with E-state index in [1.165, 1.54) is 0 Å². The summed E-state index contributed by atoms with van der Waals surface area (Å²) in [5.74, 6) is -1.23. The van der Waals surface area contributed by atoms with E-state index in [9.17, 15) is 0 Å². The van der Waals surface area contributed by atoms with E-state index in [0.717, 1.165) is 5.56 Å². The molecule has 1 aromatic carbocycles. The Balaban J connectivity index is 2.49.